The number of hydrogen-bond donors (Lipinski definition) is 3. The number of ether oxygens (including phenoxy) is 1. The largest absolute Gasteiger partial charge is 0.466 e. The molecule has 0 saturated carbocycles. The monoisotopic (exact) mass is 1100 g/mol. The highest BCUT2D eigenvalue weighted by atomic mass is 16.5. The Kier molecular flexibility index (Phi) is 66.4. The zero-order valence-corrected chi connectivity index (χ0v) is 52.9. The van der Waals surface area contributed by atoms with Gasteiger partial charge in [-0.1, -0.05) is 353 Å². The molecule has 78 heavy (non-hydrogen) atoms. The third-order valence-corrected chi connectivity index (χ3v) is 16.7. The summed E-state index contributed by atoms with van der Waals surface area (Å²) in [5.74, 6) is -0.0602. The average molecular weight is 1100 g/mol. The molecule has 0 aromatic carbocycles. The molecule has 0 aliphatic heterocycles. The highest BCUT2D eigenvalue weighted by Gasteiger charge is 2.18. The maximum atomic E-state index is 12.5. The number of rotatable bonds is 67. The Bertz CT molecular complexity index is 1220. The SMILES string of the molecule is CCCCCCCC/C=C\CCCCCCCCCC(=O)OCCCCCCCCCCCCCCCCCCCCCC(=O)NC(CO)C(O)/C=C/CCCCCCCCCCCCCCCCCCCCCCCCC. The summed E-state index contributed by atoms with van der Waals surface area (Å²) in [6.45, 7) is 4.93. The van der Waals surface area contributed by atoms with E-state index in [1.807, 2.05) is 6.08 Å². The molecule has 0 aliphatic carbocycles. The number of aliphatic hydroxyl groups excluding tert-OH is 2. The first kappa shape index (κ1) is 76.3. The third kappa shape index (κ3) is 63.5. The third-order valence-electron chi connectivity index (χ3n) is 16.7. The highest BCUT2D eigenvalue weighted by molar-refractivity contribution is 5.76. The van der Waals surface area contributed by atoms with Gasteiger partial charge < -0.3 is 20.3 Å². The number of amides is 1. The van der Waals surface area contributed by atoms with Crippen molar-refractivity contribution in [1.82, 2.24) is 5.32 Å². The molecule has 0 heterocycles. The van der Waals surface area contributed by atoms with E-state index in [0.29, 0.717) is 19.4 Å². The molecule has 2 unspecified atom stereocenters. The zero-order valence-electron chi connectivity index (χ0n) is 52.9. The predicted octanol–water partition coefficient (Wildman–Crippen LogP) is 22.9. The minimum absolute atomic E-state index is 0.00609. The normalized spacial score (nSPS) is 12.6. The van der Waals surface area contributed by atoms with Gasteiger partial charge >= 0.3 is 5.97 Å². The summed E-state index contributed by atoms with van der Waals surface area (Å²) in [5, 5.41) is 23.3. The Morgan fingerprint density at radius 3 is 0.910 bits per heavy atom. The lowest BCUT2D eigenvalue weighted by molar-refractivity contribution is -0.143. The van der Waals surface area contributed by atoms with Gasteiger partial charge in [-0.15, -0.1) is 0 Å². The number of esters is 1. The average Bonchev–Trinajstić information content (AvgIpc) is 3.44. The van der Waals surface area contributed by atoms with E-state index in [1.165, 1.54) is 327 Å². The summed E-state index contributed by atoms with van der Waals surface area (Å²) < 4.78 is 5.50. The summed E-state index contributed by atoms with van der Waals surface area (Å²) in [6, 6.07) is -0.632. The fourth-order valence-corrected chi connectivity index (χ4v) is 11.3. The van der Waals surface area contributed by atoms with Crippen molar-refractivity contribution in [3.8, 4) is 0 Å². The van der Waals surface area contributed by atoms with Crippen molar-refractivity contribution in [1.29, 1.82) is 0 Å². The van der Waals surface area contributed by atoms with Gasteiger partial charge in [-0.2, -0.15) is 0 Å². The van der Waals surface area contributed by atoms with Gasteiger partial charge in [0.25, 0.3) is 0 Å². The van der Waals surface area contributed by atoms with Crippen LogP contribution in [0, 0.1) is 0 Å². The van der Waals surface area contributed by atoms with Crippen molar-refractivity contribution in [3.05, 3.63) is 24.3 Å². The molecule has 1 amide bonds. The molecule has 0 spiro atoms. The molecule has 0 saturated heterocycles. The van der Waals surface area contributed by atoms with Crippen molar-refractivity contribution in [3.63, 3.8) is 0 Å². The van der Waals surface area contributed by atoms with Crippen molar-refractivity contribution >= 4 is 11.9 Å². The Balaban J connectivity index is 3.42. The van der Waals surface area contributed by atoms with Crippen molar-refractivity contribution in [2.75, 3.05) is 13.2 Å². The number of unbranched alkanes of at least 4 members (excludes halogenated alkanes) is 54. The van der Waals surface area contributed by atoms with Gasteiger partial charge in [-0.3, -0.25) is 9.59 Å². The predicted molar refractivity (Wildman–Crippen MR) is 343 cm³/mol. The maximum Gasteiger partial charge on any atom is 0.305 e. The Morgan fingerprint density at radius 2 is 0.603 bits per heavy atom. The molecule has 0 radical (unpaired) electrons. The minimum Gasteiger partial charge on any atom is -0.466 e. The number of hydrogen-bond acceptors (Lipinski definition) is 5. The standard InChI is InChI=1S/C72H139NO5/c1-3-5-7-9-11-13-15-17-19-21-22-23-24-25-26-27-29-33-36-40-44-48-52-56-60-64-70(75)69(68-74)73-71(76)65-61-57-53-49-45-41-37-34-30-28-31-35-39-43-47-51-55-59-63-67-78-72(77)66-62-58-54-50-46-42-38-32-20-18-16-14-12-10-8-6-4-2/h18,20,60,64,69-70,74-75H,3-17,19,21-59,61-63,65-68H2,1-2H3,(H,73,76)/b20-18-,64-60+. The fraction of sp³-hybridized carbons (Fsp3) is 0.917. The summed E-state index contributed by atoms with van der Waals surface area (Å²) in [7, 11) is 0. The Morgan fingerprint density at radius 1 is 0.346 bits per heavy atom. The second kappa shape index (κ2) is 67.8. The molecule has 0 aliphatic rings. The van der Waals surface area contributed by atoms with E-state index in [-0.39, 0.29) is 18.5 Å². The van der Waals surface area contributed by atoms with Crippen LogP contribution in [0.5, 0.6) is 0 Å². The van der Waals surface area contributed by atoms with Gasteiger partial charge in [0, 0.05) is 12.8 Å². The van der Waals surface area contributed by atoms with Crippen LogP contribution in [-0.4, -0.2) is 47.4 Å². The summed E-state index contributed by atoms with van der Waals surface area (Å²) in [6.07, 6.45) is 85.3. The lowest BCUT2D eigenvalue weighted by atomic mass is 10.0. The van der Waals surface area contributed by atoms with E-state index in [4.69, 9.17) is 4.74 Å². The van der Waals surface area contributed by atoms with Gasteiger partial charge in [-0.05, 0) is 57.8 Å². The second-order valence-electron chi connectivity index (χ2n) is 24.6. The molecular weight excluding hydrogens is 959 g/mol. The molecule has 0 aromatic heterocycles. The molecule has 6 nitrogen and oxygen atoms in total. The Labute approximate surface area is 488 Å². The van der Waals surface area contributed by atoms with E-state index in [2.05, 4.69) is 31.3 Å². The van der Waals surface area contributed by atoms with Crippen molar-refractivity contribution in [2.45, 2.75) is 411 Å². The van der Waals surface area contributed by atoms with Crippen LogP contribution in [0.1, 0.15) is 399 Å². The van der Waals surface area contributed by atoms with Gasteiger partial charge in [0.2, 0.25) is 5.91 Å². The quantitative estimate of drug-likeness (QED) is 0.0320. The van der Waals surface area contributed by atoms with Gasteiger partial charge in [0.1, 0.15) is 0 Å². The van der Waals surface area contributed by atoms with E-state index in [0.717, 1.165) is 44.9 Å². The van der Waals surface area contributed by atoms with E-state index >= 15 is 0 Å². The first-order valence-electron chi connectivity index (χ1n) is 35.6. The molecule has 0 fully saturated rings. The van der Waals surface area contributed by atoms with Crippen LogP contribution in [0.2, 0.25) is 0 Å². The van der Waals surface area contributed by atoms with Gasteiger partial charge in [0.15, 0.2) is 0 Å². The molecule has 0 aromatic rings. The topological polar surface area (TPSA) is 95.9 Å². The van der Waals surface area contributed by atoms with Crippen LogP contribution in [0.15, 0.2) is 24.3 Å². The fourth-order valence-electron chi connectivity index (χ4n) is 11.3. The zero-order chi connectivity index (χ0) is 56.4. The molecule has 6 heteroatoms. The summed E-state index contributed by atoms with van der Waals surface area (Å²) >= 11 is 0. The number of allylic oxidation sites excluding steroid dienone is 3. The minimum atomic E-state index is -0.848. The second-order valence-corrected chi connectivity index (χ2v) is 24.6. The molecule has 2 atom stereocenters. The van der Waals surface area contributed by atoms with Crippen LogP contribution < -0.4 is 5.32 Å². The van der Waals surface area contributed by atoms with E-state index in [9.17, 15) is 19.8 Å². The van der Waals surface area contributed by atoms with Crippen molar-refractivity contribution in [2.24, 2.45) is 0 Å². The first-order valence-corrected chi connectivity index (χ1v) is 35.6. The van der Waals surface area contributed by atoms with Crippen molar-refractivity contribution < 1.29 is 24.5 Å². The molecule has 0 rings (SSSR count). The van der Waals surface area contributed by atoms with E-state index in [1.54, 1.807) is 6.08 Å². The van der Waals surface area contributed by atoms with E-state index < -0.39 is 12.1 Å². The number of nitrogens with one attached hydrogen (secondary N) is 1. The van der Waals surface area contributed by atoms with Gasteiger partial charge in [0.05, 0.1) is 25.4 Å². The highest BCUT2D eigenvalue weighted by Crippen LogP contribution is 2.19. The van der Waals surface area contributed by atoms with Crippen LogP contribution in [-0.2, 0) is 14.3 Å². The number of carbonyl (C=O) groups excluding carboxylic acids is 2. The van der Waals surface area contributed by atoms with Crippen LogP contribution in [0.4, 0.5) is 0 Å². The molecule has 462 valence electrons. The first-order chi connectivity index (χ1) is 38.5. The number of aliphatic hydroxyl groups is 2. The van der Waals surface area contributed by atoms with Crippen LogP contribution in [0.25, 0.3) is 0 Å². The summed E-state index contributed by atoms with van der Waals surface area (Å²) in [5.41, 5.74) is 0. The lowest BCUT2D eigenvalue weighted by Crippen LogP contribution is -2.45. The number of carbonyl (C=O) groups is 2. The van der Waals surface area contributed by atoms with Gasteiger partial charge in [-0.25, -0.2) is 0 Å². The lowest BCUT2D eigenvalue weighted by Gasteiger charge is -2.20. The van der Waals surface area contributed by atoms with Crippen LogP contribution in [0.3, 0.4) is 0 Å². The molecular formula is C72H139NO5. The Hall–Kier alpha value is -1.66. The summed E-state index contributed by atoms with van der Waals surface area (Å²) in [4.78, 5) is 24.6. The molecule has 3 N–H and O–H groups in total. The van der Waals surface area contributed by atoms with Crippen LogP contribution >= 0.6 is 0 Å². The molecule has 0 bridgehead atoms. The maximum absolute atomic E-state index is 12.5. The smallest absolute Gasteiger partial charge is 0.305 e.